The molecule has 23 heavy (non-hydrogen) atoms. The molecule has 0 bridgehead atoms. The summed E-state index contributed by atoms with van der Waals surface area (Å²) in [7, 11) is 0. The molecule has 0 saturated carbocycles. The number of nitrogens with zero attached hydrogens (tertiary/aromatic N) is 2. The number of carbonyl (C=O) groups is 3. The first-order valence-corrected chi connectivity index (χ1v) is 7.69. The molecule has 2 fully saturated rings. The zero-order valence-electron chi connectivity index (χ0n) is 12.9. The summed E-state index contributed by atoms with van der Waals surface area (Å²) in [6.07, 6.45) is -2.70. The van der Waals surface area contributed by atoms with Crippen molar-refractivity contribution in [3.63, 3.8) is 0 Å². The normalized spacial score (nSPS) is 23.0. The van der Waals surface area contributed by atoms with Crippen molar-refractivity contribution < 1.29 is 27.6 Å². The molecule has 2 rings (SSSR count). The minimum absolute atomic E-state index is 0.106. The van der Waals surface area contributed by atoms with Crippen molar-refractivity contribution in [2.75, 3.05) is 19.6 Å². The summed E-state index contributed by atoms with van der Waals surface area (Å²) in [5.74, 6) is -2.96. The van der Waals surface area contributed by atoms with Crippen molar-refractivity contribution in [2.24, 2.45) is 0 Å². The van der Waals surface area contributed by atoms with Crippen molar-refractivity contribution in [3.05, 3.63) is 0 Å². The average Bonchev–Trinajstić information content (AvgIpc) is 3.15. The Morgan fingerprint density at radius 3 is 2.26 bits per heavy atom. The van der Waals surface area contributed by atoms with Crippen LogP contribution >= 0.6 is 0 Å². The molecule has 2 heterocycles. The van der Waals surface area contributed by atoms with E-state index in [2.05, 4.69) is 5.32 Å². The smallest absolute Gasteiger partial charge is 0.343 e. The molecule has 2 saturated heterocycles. The summed E-state index contributed by atoms with van der Waals surface area (Å²) in [5, 5.41) is 2.44. The Morgan fingerprint density at radius 2 is 1.70 bits per heavy atom. The van der Waals surface area contributed by atoms with E-state index < -0.39 is 30.1 Å². The summed E-state index contributed by atoms with van der Waals surface area (Å²) in [5.41, 5.74) is 0. The summed E-state index contributed by atoms with van der Waals surface area (Å²) in [6, 6.07) is -1.98. The largest absolute Gasteiger partial charge is 0.471 e. The maximum Gasteiger partial charge on any atom is 0.471 e. The number of rotatable bonds is 3. The fourth-order valence-corrected chi connectivity index (χ4v) is 3.03. The molecule has 1 unspecified atom stereocenters. The van der Waals surface area contributed by atoms with Gasteiger partial charge >= 0.3 is 12.1 Å². The molecule has 6 nitrogen and oxygen atoms in total. The third-order valence-corrected chi connectivity index (χ3v) is 4.21. The van der Waals surface area contributed by atoms with E-state index in [0.29, 0.717) is 24.4 Å². The zero-order valence-corrected chi connectivity index (χ0v) is 12.9. The van der Waals surface area contributed by atoms with Gasteiger partial charge in [-0.3, -0.25) is 14.4 Å². The fraction of sp³-hybridized carbons (Fsp3) is 0.786. The van der Waals surface area contributed by atoms with Crippen LogP contribution in [0, 0.1) is 0 Å². The van der Waals surface area contributed by atoms with Gasteiger partial charge in [-0.2, -0.15) is 13.2 Å². The first kappa shape index (κ1) is 17.6. The molecule has 9 heteroatoms. The number of alkyl halides is 3. The first-order valence-electron chi connectivity index (χ1n) is 7.69. The van der Waals surface area contributed by atoms with Gasteiger partial charge in [0.05, 0.1) is 0 Å². The number of carbonyl (C=O) groups excluding carboxylic acids is 3. The molecule has 0 aromatic heterocycles. The number of hydrogen-bond acceptors (Lipinski definition) is 3. The quantitative estimate of drug-likeness (QED) is 0.824. The molecule has 1 N–H and O–H groups in total. The number of halogens is 3. The maximum absolute atomic E-state index is 12.5. The molecule has 3 amide bonds. The Hall–Kier alpha value is -1.80. The van der Waals surface area contributed by atoms with Gasteiger partial charge < -0.3 is 15.1 Å². The van der Waals surface area contributed by atoms with Gasteiger partial charge in [0.2, 0.25) is 11.8 Å². The highest BCUT2D eigenvalue weighted by Crippen LogP contribution is 2.25. The highest BCUT2D eigenvalue weighted by atomic mass is 19.4. The van der Waals surface area contributed by atoms with E-state index in [0.717, 1.165) is 12.8 Å². The van der Waals surface area contributed by atoms with Crippen LogP contribution in [-0.2, 0) is 14.4 Å². The SMILES string of the molecule is C[C@H](NC(=O)C1CCCN1C(=O)C(F)(F)F)C(=O)N1CCCC1. The van der Waals surface area contributed by atoms with Crippen LogP contribution in [-0.4, -0.2) is 65.4 Å². The van der Waals surface area contributed by atoms with Crippen molar-refractivity contribution in [2.45, 2.75) is 50.9 Å². The minimum atomic E-state index is -5.00. The zero-order chi connectivity index (χ0) is 17.2. The van der Waals surface area contributed by atoms with Crippen LogP contribution in [0.3, 0.4) is 0 Å². The Labute approximate surface area is 132 Å². The van der Waals surface area contributed by atoms with Gasteiger partial charge in [0.15, 0.2) is 0 Å². The van der Waals surface area contributed by atoms with Crippen LogP contribution in [0.2, 0.25) is 0 Å². The third-order valence-electron chi connectivity index (χ3n) is 4.21. The molecule has 0 aromatic carbocycles. The molecule has 0 spiro atoms. The summed E-state index contributed by atoms with van der Waals surface area (Å²) < 4.78 is 37.6. The molecule has 2 aliphatic rings. The molecule has 0 radical (unpaired) electrons. The van der Waals surface area contributed by atoms with E-state index in [1.807, 2.05) is 0 Å². The van der Waals surface area contributed by atoms with Gasteiger partial charge in [-0.25, -0.2) is 0 Å². The topological polar surface area (TPSA) is 69.7 Å². The lowest BCUT2D eigenvalue weighted by molar-refractivity contribution is -0.186. The van der Waals surface area contributed by atoms with Gasteiger partial charge in [0, 0.05) is 19.6 Å². The lowest BCUT2D eigenvalue weighted by atomic mass is 10.2. The molecule has 130 valence electrons. The molecule has 0 aromatic rings. The molecule has 0 aliphatic carbocycles. The highest BCUT2D eigenvalue weighted by Gasteiger charge is 2.47. The van der Waals surface area contributed by atoms with Crippen LogP contribution in [0.5, 0.6) is 0 Å². The molecular formula is C14H20F3N3O3. The minimum Gasteiger partial charge on any atom is -0.343 e. The number of likely N-dealkylation sites (tertiary alicyclic amines) is 2. The predicted octanol–water partition coefficient (Wildman–Crippen LogP) is 0.667. The standard InChI is InChI=1S/C14H20F3N3O3/c1-9(12(22)19-6-2-3-7-19)18-11(21)10-5-4-8-20(10)13(23)14(15,16)17/h9-10H,2-8H2,1H3,(H,18,21)/t9-,10?/m0/s1. The van der Waals surface area contributed by atoms with E-state index in [4.69, 9.17) is 0 Å². The Morgan fingerprint density at radius 1 is 1.09 bits per heavy atom. The second-order valence-corrected chi connectivity index (χ2v) is 5.92. The number of hydrogen-bond donors (Lipinski definition) is 1. The molecular weight excluding hydrogens is 315 g/mol. The van der Waals surface area contributed by atoms with Gasteiger partial charge in [-0.1, -0.05) is 0 Å². The third kappa shape index (κ3) is 3.94. The van der Waals surface area contributed by atoms with Gasteiger partial charge in [0.25, 0.3) is 0 Å². The van der Waals surface area contributed by atoms with Crippen LogP contribution in [0.4, 0.5) is 13.2 Å². The second-order valence-electron chi connectivity index (χ2n) is 5.92. The van der Waals surface area contributed by atoms with E-state index in [1.165, 1.54) is 6.92 Å². The highest BCUT2D eigenvalue weighted by molar-refractivity contribution is 5.93. The number of amides is 3. The summed E-state index contributed by atoms with van der Waals surface area (Å²) in [4.78, 5) is 37.8. The molecule has 2 atom stereocenters. The average molecular weight is 335 g/mol. The Kier molecular flexibility index (Phi) is 5.16. The van der Waals surface area contributed by atoms with Gasteiger partial charge in [0.1, 0.15) is 12.1 Å². The maximum atomic E-state index is 12.5. The van der Waals surface area contributed by atoms with E-state index in [1.54, 1.807) is 4.90 Å². The number of nitrogens with one attached hydrogen (secondary N) is 1. The van der Waals surface area contributed by atoms with Crippen molar-refractivity contribution in [1.82, 2.24) is 15.1 Å². The first-order chi connectivity index (χ1) is 10.7. The van der Waals surface area contributed by atoms with Gasteiger partial charge in [-0.15, -0.1) is 0 Å². The predicted molar refractivity (Wildman–Crippen MR) is 74.2 cm³/mol. The lowest BCUT2D eigenvalue weighted by Gasteiger charge is -2.27. The van der Waals surface area contributed by atoms with Crippen molar-refractivity contribution in [1.29, 1.82) is 0 Å². The lowest BCUT2D eigenvalue weighted by Crippen LogP contribution is -2.54. The Balaban J connectivity index is 1.96. The van der Waals surface area contributed by atoms with Crippen LogP contribution in [0.15, 0.2) is 0 Å². The summed E-state index contributed by atoms with van der Waals surface area (Å²) in [6.45, 7) is 2.65. The monoisotopic (exact) mass is 335 g/mol. The van der Waals surface area contributed by atoms with Crippen LogP contribution in [0.25, 0.3) is 0 Å². The van der Waals surface area contributed by atoms with Gasteiger partial charge in [-0.05, 0) is 32.6 Å². The van der Waals surface area contributed by atoms with Crippen LogP contribution < -0.4 is 5.32 Å². The molecule has 2 aliphatic heterocycles. The van der Waals surface area contributed by atoms with Crippen LogP contribution in [0.1, 0.15) is 32.6 Å². The van der Waals surface area contributed by atoms with E-state index >= 15 is 0 Å². The van der Waals surface area contributed by atoms with Crippen molar-refractivity contribution >= 4 is 17.7 Å². The Bertz CT molecular complexity index is 489. The van der Waals surface area contributed by atoms with E-state index in [9.17, 15) is 27.6 Å². The second kappa shape index (κ2) is 6.76. The van der Waals surface area contributed by atoms with Crippen molar-refractivity contribution in [3.8, 4) is 0 Å². The fourth-order valence-electron chi connectivity index (χ4n) is 3.03. The summed E-state index contributed by atoms with van der Waals surface area (Å²) >= 11 is 0. The van der Waals surface area contributed by atoms with E-state index in [-0.39, 0.29) is 18.9 Å².